The molecule has 7 nitrogen and oxygen atoms in total. The van der Waals surface area contributed by atoms with Crippen molar-refractivity contribution < 1.29 is 32.4 Å². The highest BCUT2D eigenvalue weighted by Gasteiger charge is 2.39. The average Bonchev–Trinajstić information content (AvgIpc) is 2.26. The largest absolute Gasteiger partial charge is 0.573 e. The summed E-state index contributed by atoms with van der Waals surface area (Å²) in [4.78, 5) is 24.0. The number of ether oxygens (including phenoxy) is 2. The second-order valence-corrected chi connectivity index (χ2v) is 3.27. The fourth-order valence-corrected chi connectivity index (χ4v) is 1.27. The van der Waals surface area contributed by atoms with E-state index >= 15 is 0 Å². The first kappa shape index (κ1) is 14.7. The number of hydrogen-bond donors (Lipinski definition) is 0. The Morgan fingerprint density at radius 3 is 2.47 bits per heavy atom. The molecular formula is C9H7F3N2O5. The summed E-state index contributed by atoms with van der Waals surface area (Å²) in [6.45, 7) is 1.24. The van der Waals surface area contributed by atoms with Gasteiger partial charge in [0, 0.05) is 5.56 Å². The Balaban J connectivity index is 3.54. The number of pyridine rings is 1. The van der Waals surface area contributed by atoms with Gasteiger partial charge in [0.15, 0.2) is 0 Å². The Morgan fingerprint density at radius 1 is 1.47 bits per heavy atom. The maximum Gasteiger partial charge on any atom is 0.573 e. The zero-order valence-electron chi connectivity index (χ0n) is 9.65. The molecule has 0 aliphatic rings. The van der Waals surface area contributed by atoms with Gasteiger partial charge in [0.2, 0.25) is 5.75 Å². The molecule has 0 atom stereocenters. The third-order valence-corrected chi connectivity index (χ3v) is 1.99. The van der Waals surface area contributed by atoms with E-state index in [1.807, 2.05) is 0 Å². The normalized spacial score (nSPS) is 11.0. The Labute approximate surface area is 104 Å². The van der Waals surface area contributed by atoms with Crippen molar-refractivity contribution in [2.75, 3.05) is 7.11 Å². The number of aromatic nitrogens is 1. The Bertz CT molecular complexity index is 529. The molecule has 1 aromatic rings. The summed E-state index contributed by atoms with van der Waals surface area (Å²) in [5.74, 6) is -3.70. The lowest BCUT2D eigenvalue weighted by Gasteiger charge is -2.12. The number of hydrogen-bond acceptors (Lipinski definition) is 6. The van der Waals surface area contributed by atoms with Crippen molar-refractivity contribution in [1.29, 1.82) is 0 Å². The van der Waals surface area contributed by atoms with Gasteiger partial charge in [-0.05, 0) is 16.8 Å². The van der Waals surface area contributed by atoms with Gasteiger partial charge >= 0.3 is 18.1 Å². The first-order chi connectivity index (χ1) is 8.67. The first-order valence-corrected chi connectivity index (χ1v) is 4.65. The van der Waals surface area contributed by atoms with Gasteiger partial charge in [0.25, 0.3) is 0 Å². The van der Waals surface area contributed by atoms with Crippen LogP contribution < -0.4 is 4.74 Å². The van der Waals surface area contributed by atoms with Crippen molar-refractivity contribution in [1.82, 2.24) is 4.98 Å². The Morgan fingerprint density at radius 2 is 2.05 bits per heavy atom. The molecule has 0 bridgehead atoms. The van der Waals surface area contributed by atoms with Crippen LogP contribution in [0.4, 0.5) is 19.0 Å². The number of nitro groups is 1. The van der Waals surface area contributed by atoms with E-state index in [4.69, 9.17) is 0 Å². The molecule has 0 saturated heterocycles. The fraction of sp³-hybridized carbons (Fsp3) is 0.333. The summed E-state index contributed by atoms with van der Waals surface area (Å²) >= 11 is 0. The minimum Gasteiger partial charge on any atom is -0.465 e. The highest BCUT2D eigenvalue weighted by Crippen LogP contribution is 2.35. The number of carbonyl (C=O) groups excluding carboxylic acids is 1. The van der Waals surface area contributed by atoms with Crippen LogP contribution in [0.1, 0.15) is 15.9 Å². The fourth-order valence-electron chi connectivity index (χ4n) is 1.27. The van der Waals surface area contributed by atoms with Crippen LogP contribution >= 0.6 is 0 Å². The molecule has 19 heavy (non-hydrogen) atoms. The van der Waals surface area contributed by atoms with E-state index in [-0.39, 0.29) is 5.56 Å². The summed E-state index contributed by atoms with van der Waals surface area (Å²) in [5, 5.41) is 10.6. The van der Waals surface area contributed by atoms with Gasteiger partial charge < -0.3 is 19.6 Å². The van der Waals surface area contributed by atoms with E-state index in [1.165, 1.54) is 6.92 Å². The van der Waals surface area contributed by atoms with Crippen LogP contribution in [0, 0.1) is 17.0 Å². The van der Waals surface area contributed by atoms with Crippen LogP contribution in [0.3, 0.4) is 0 Å². The number of rotatable bonds is 3. The molecule has 0 aromatic carbocycles. The molecule has 0 aliphatic heterocycles. The van der Waals surface area contributed by atoms with Gasteiger partial charge in [-0.3, -0.25) is 0 Å². The SMILES string of the molecule is COC(=O)c1c(C)cnc([N+](=O)[O-])c1OC(F)(F)F. The maximum atomic E-state index is 12.2. The molecular weight excluding hydrogens is 273 g/mol. The van der Waals surface area contributed by atoms with Crippen molar-refractivity contribution in [2.45, 2.75) is 13.3 Å². The second-order valence-electron chi connectivity index (χ2n) is 3.27. The molecule has 0 amide bonds. The highest BCUT2D eigenvalue weighted by molar-refractivity contribution is 5.95. The molecule has 104 valence electrons. The van der Waals surface area contributed by atoms with E-state index < -0.39 is 34.4 Å². The van der Waals surface area contributed by atoms with E-state index in [9.17, 15) is 28.1 Å². The van der Waals surface area contributed by atoms with Gasteiger partial charge in [-0.2, -0.15) is 0 Å². The van der Waals surface area contributed by atoms with Gasteiger partial charge in [-0.25, -0.2) is 4.79 Å². The van der Waals surface area contributed by atoms with Gasteiger partial charge in [0.1, 0.15) is 11.8 Å². The van der Waals surface area contributed by atoms with Crippen LogP contribution in [-0.4, -0.2) is 29.3 Å². The molecule has 0 radical (unpaired) electrons. The second kappa shape index (κ2) is 5.08. The molecule has 0 N–H and O–H groups in total. The number of alkyl halides is 3. The molecule has 0 spiro atoms. The van der Waals surface area contributed by atoms with Crippen molar-refractivity contribution in [3.05, 3.63) is 27.4 Å². The minimum absolute atomic E-state index is 0.0447. The molecule has 10 heteroatoms. The molecule has 0 saturated carbocycles. The minimum atomic E-state index is -5.21. The van der Waals surface area contributed by atoms with E-state index in [0.29, 0.717) is 0 Å². The lowest BCUT2D eigenvalue weighted by molar-refractivity contribution is -0.393. The van der Waals surface area contributed by atoms with Gasteiger partial charge in [0.05, 0.1) is 7.11 Å². The molecule has 1 heterocycles. The summed E-state index contributed by atoms with van der Waals surface area (Å²) in [6.07, 6.45) is -4.32. The monoisotopic (exact) mass is 280 g/mol. The maximum absolute atomic E-state index is 12.2. The number of methoxy groups -OCH3 is 1. The Kier molecular flexibility index (Phi) is 3.92. The average molecular weight is 280 g/mol. The number of nitrogens with zero attached hydrogens (tertiary/aromatic N) is 2. The molecule has 0 fully saturated rings. The van der Waals surface area contributed by atoms with E-state index in [2.05, 4.69) is 14.5 Å². The summed E-state index contributed by atoms with van der Waals surface area (Å²) < 4.78 is 44.5. The number of carbonyl (C=O) groups is 1. The predicted octanol–water partition coefficient (Wildman–Crippen LogP) is 1.98. The van der Waals surface area contributed by atoms with Crippen molar-refractivity contribution in [3.8, 4) is 5.75 Å². The van der Waals surface area contributed by atoms with Crippen molar-refractivity contribution in [3.63, 3.8) is 0 Å². The smallest absolute Gasteiger partial charge is 0.465 e. The molecule has 0 unspecified atom stereocenters. The predicted molar refractivity (Wildman–Crippen MR) is 53.7 cm³/mol. The molecule has 0 aliphatic carbocycles. The van der Waals surface area contributed by atoms with Gasteiger partial charge in [-0.1, -0.05) is 0 Å². The topological polar surface area (TPSA) is 91.6 Å². The third-order valence-electron chi connectivity index (χ3n) is 1.99. The highest BCUT2D eigenvalue weighted by atomic mass is 19.4. The summed E-state index contributed by atoms with van der Waals surface area (Å²) in [5.41, 5.74) is -0.738. The van der Waals surface area contributed by atoms with Crippen molar-refractivity contribution in [2.24, 2.45) is 0 Å². The first-order valence-electron chi connectivity index (χ1n) is 4.65. The zero-order chi connectivity index (χ0) is 14.8. The van der Waals surface area contributed by atoms with Crippen molar-refractivity contribution >= 4 is 11.8 Å². The molecule has 1 aromatic heterocycles. The zero-order valence-corrected chi connectivity index (χ0v) is 9.65. The quantitative estimate of drug-likeness (QED) is 0.477. The number of aryl methyl sites for hydroxylation is 1. The van der Waals surface area contributed by atoms with E-state index in [0.717, 1.165) is 13.3 Å². The lowest BCUT2D eigenvalue weighted by Crippen LogP contribution is -2.21. The van der Waals surface area contributed by atoms with E-state index in [1.54, 1.807) is 0 Å². The van der Waals surface area contributed by atoms with Crippen LogP contribution in [0.5, 0.6) is 5.75 Å². The van der Waals surface area contributed by atoms with Crippen LogP contribution in [0.2, 0.25) is 0 Å². The van der Waals surface area contributed by atoms with Gasteiger partial charge in [-0.15, -0.1) is 13.2 Å². The number of halogens is 3. The summed E-state index contributed by atoms with van der Waals surface area (Å²) in [7, 11) is 0.922. The lowest BCUT2D eigenvalue weighted by atomic mass is 10.1. The van der Waals surface area contributed by atoms with Crippen LogP contribution in [0.25, 0.3) is 0 Å². The standard InChI is InChI=1S/C9H7F3N2O5/c1-4-3-13-7(14(16)17)6(19-9(10,11)12)5(4)8(15)18-2/h3H,1-2H3. The molecule has 1 rings (SSSR count). The third kappa shape index (κ3) is 3.30. The Hall–Kier alpha value is -2.39. The van der Waals surface area contributed by atoms with Crippen LogP contribution in [0.15, 0.2) is 6.20 Å². The summed E-state index contributed by atoms with van der Waals surface area (Å²) in [6, 6.07) is 0. The van der Waals surface area contributed by atoms with Crippen LogP contribution in [-0.2, 0) is 4.74 Å². The number of esters is 1.